The molecule has 5 nitrogen and oxygen atoms in total. The molecule has 2 atom stereocenters. The van der Waals surface area contributed by atoms with Crippen LogP contribution in [0.25, 0.3) is 0 Å². The molecule has 1 amide bonds. The SMILES string of the molecule is CC(C(=O)NCc1nccn1C(F)F)C(N)c1ccccc1.Cl.Cl. The van der Waals surface area contributed by atoms with Gasteiger partial charge in [-0.15, -0.1) is 24.8 Å². The molecular formula is C15H20Cl2F2N4O. The molecule has 2 unspecified atom stereocenters. The Morgan fingerprint density at radius 1 is 1.29 bits per heavy atom. The van der Waals surface area contributed by atoms with Gasteiger partial charge in [0, 0.05) is 18.4 Å². The van der Waals surface area contributed by atoms with Gasteiger partial charge in [0.05, 0.1) is 12.5 Å². The molecule has 0 radical (unpaired) electrons. The molecule has 3 N–H and O–H groups in total. The van der Waals surface area contributed by atoms with Gasteiger partial charge in [-0.3, -0.25) is 9.36 Å². The van der Waals surface area contributed by atoms with Gasteiger partial charge in [-0.05, 0) is 5.56 Å². The van der Waals surface area contributed by atoms with Crippen LogP contribution in [-0.4, -0.2) is 15.5 Å². The van der Waals surface area contributed by atoms with Crippen molar-refractivity contribution in [3.05, 3.63) is 54.1 Å². The van der Waals surface area contributed by atoms with Crippen LogP contribution in [-0.2, 0) is 11.3 Å². The van der Waals surface area contributed by atoms with Crippen LogP contribution in [0.2, 0.25) is 0 Å². The number of alkyl halides is 2. The standard InChI is InChI=1S/C15H18F2N4O.2ClH/c1-10(13(18)11-5-3-2-4-6-11)14(22)20-9-12-19-7-8-21(12)15(16)17;;/h2-8,10,13,15H,9,18H2,1H3,(H,20,22);2*1H. The number of aromatic nitrogens is 2. The maximum absolute atomic E-state index is 12.7. The third-order valence-corrected chi connectivity index (χ3v) is 3.52. The first kappa shape index (κ1) is 22.3. The van der Waals surface area contributed by atoms with Crippen molar-refractivity contribution in [2.24, 2.45) is 11.7 Å². The number of benzene rings is 1. The number of carbonyl (C=O) groups excluding carboxylic acids is 1. The van der Waals surface area contributed by atoms with Crippen LogP contribution < -0.4 is 11.1 Å². The molecule has 24 heavy (non-hydrogen) atoms. The summed E-state index contributed by atoms with van der Waals surface area (Å²) in [7, 11) is 0. The van der Waals surface area contributed by atoms with E-state index >= 15 is 0 Å². The zero-order chi connectivity index (χ0) is 16.1. The first-order chi connectivity index (χ1) is 10.5. The molecule has 0 aliphatic heterocycles. The minimum atomic E-state index is -2.68. The summed E-state index contributed by atoms with van der Waals surface area (Å²) in [5.74, 6) is -0.693. The van der Waals surface area contributed by atoms with Crippen LogP contribution >= 0.6 is 24.8 Å². The zero-order valence-corrected chi connectivity index (χ0v) is 14.6. The molecular weight excluding hydrogens is 361 g/mol. The van der Waals surface area contributed by atoms with Gasteiger partial charge in [0.15, 0.2) is 0 Å². The number of nitrogens with one attached hydrogen (secondary N) is 1. The Labute approximate surface area is 151 Å². The molecule has 1 aromatic carbocycles. The number of nitrogens with zero attached hydrogens (tertiary/aromatic N) is 2. The molecule has 0 fully saturated rings. The predicted octanol–water partition coefficient (Wildman–Crippen LogP) is 3.07. The molecule has 9 heteroatoms. The van der Waals surface area contributed by atoms with E-state index in [0.29, 0.717) is 4.57 Å². The van der Waals surface area contributed by atoms with E-state index in [0.717, 1.165) is 5.56 Å². The van der Waals surface area contributed by atoms with Gasteiger partial charge in [-0.2, -0.15) is 8.78 Å². The second-order valence-corrected chi connectivity index (χ2v) is 4.97. The largest absolute Gasteiger partial charge is 0.349 e. The van der Waals surface area contributed by atoms with Gasteiger partial charge in [-0.1, -0.05) is 37.3 Å². The Morgan fingerprint density at radius 3 is 2.50 bits per heavy atom. The van der Waals surface area contributed by atoms with E-state index in [-0.39, 0.29) is 43.1 Å². The Kier molecular flexibility index (Phi) is 9.50. The summed E-state index contributed by atoms with van der Waals surface area (Å²) in [6.07, 6.45) is 2.44. The molecule has 0 bridgehead atoms. The normalized spacial score (nSPS) is 12.7. The molecule has 0 saturated carbocycles. The lowest BCUT2D eigenvalue weighted by Crippen LogP contribution is -2.35. The van der Waals surface area contributed by atoms with Gasteiger partial charge in [0.25, 0.3) is 0 Å². The first-order valence-corrected chi connectivity index (χ1v) is 6.88. The Balaban J connectivity index is 0.00000264. The highest BCUT2D eigenvalue weighted by Crippen LogP contribution is 2.19. The van der Waals surface area contributed by atoms with E-state index in [9.17, 15) is 13.6 Å². The molecule has 0 aliphatic rings. The Morgan fingerprint density at radius 2 is 1.92 bits per heavy atom. The average Bonchev–Trinajstić information content (AvgIpc) is 3.00. The predicted molar refractivity (Wildman–Crippen MR) is 92.4 cm³/mol. The minimum Gasteiger partial charge on any atom is -0.349 e. The third kappa shape index (κ3) is 5.43. The molecule has 0 spiro atoms. The van der Waals surface area contributed by atoms with Crippen molar-refractivity contribution in [1.29, 1.82) is 0 Å². The molecule has 1 heterocycles. The lowest BCUT2D eigenvalue weighted by molar-refractivity contribution is -0.125. The topological polar surface area (TPSA) is 72.9 Å². The van der Waals surface area contributed by atoms with Crippen LogP contribution in [0.5, 0.6) is 0 Å². The highest BCUT2D eigenvalue weighted by molar-refractivity contribution is 5.85. The second-order valence-electron chi connectivity index (χ2n) is 4.97. The van der Waals surface area contributed by atoms with E-state index in [2.05, 4.69) is 10.3 Å². The highest BCUT2D eigenvalue weighted by Gasteiger charge is 2.22. The molecule has 0 saturated heterocycles. The summed E-state index contributed by atoms with van der Waals surface area (Å²) in [6.45, 7) is -1.05. The summed E-state index contributed by atoms with van der Waals surface area (Å²) in [4.78, 5) is 15.9. The summed E-state index contributed by atoms with van der Waals surface area (Å²) in [5, 5.41) is 2.60. The monoisotopic (exact) mass is 380 g/mol. The minimum absolute atomic E-state index is 0. The average molecular weight is 381 g/mol. The molecule has 2 rings (SSSR count). The Hall–Kier alpha value is -1.70. The summed E-state index contributed by atoms with van der Waals surface area (Å²) >= 11 is 0. The maximum atomic E-state index is 12.7. The molecule has 1 aromatic heterocycles. The van der Waals surface area contributed by atoms with Crippen LogP contribution in [0.3, 0.4) is 0 Å². The van der Waals surface area contributed by atoms with E-state index in [4.69, 9.17) is 5.73 Å². The van der Waals surface area contributed by atoms with Gasteiger partial charge in [-0.25, -0.2) is 4.98 Å². The van der Waals surface area contributed by atoms with Crippen molar-refractivity contribution < 1.29 is 13.6 Å². The lowest BCUT2D eigenvalue weighted by atomic mass is 9.95. The van der Waals surface area contributed by atoms with Gasteiger partial charge >= 0.3 is 6.55 Å². The first-order valence-electron chi connectivity index (χ1n) is 6.88. The fourth-order valence-electron chi connectivity index (χ4n) is 2.11. The summed E-state index contributed by atoms with van der Waals surface area (Å²) in [5.41, 5.74) is 6.91. The van der Waals surface area contributed by atoms with E-state index < -0.39 is 18.5 Å². The van der Waals surface area contributed by atoms with Crippen LogP contribution in [0.4, 0.5) is 8.78 Å². The number of amides is 1. The molecule has 134 valence electrons. The van der Waals surface area contributed by atoms with E-state index in [1.807, 2.05) is 30.3 Å². The van der Waals surface area contributed by atoms with Crippen molar-refractivity contribution >= 4 is 30.7 Å². The number of nitrogens with two attached hydrogens (primary N) is 1. The number of halogens is 4. The van der Waals surface area contributed by atoms with Crippen molar-refractivity contribution in [2.45, 2.75) is 26.1 Å². The van der Waals surface area contributed by atoms with Crippen molar-refractivity contribution in [3.63, 3.8) is 0 Å². The third-order valence-electron chi connectivity index (χ3n) is 3.52. The van der Waals surface area contributed by atoms with Gasteiger partial charge in [0.2, 0.25) is 5.91 Å². The van der Waals surface area contributed by atoms with Crippen LogP contribution in [0, 0.1) is 5.92 Å². The molecule has 2 aromatic rings. The second kappa shape index (κ2) is 10.2. The summed E-state index contributed by atoms with van der Waals surface area (Å²) < 4.78 is 26.1. The highest BCUT2D eigenvalue weighted by atomic mass is 35.5. The number of hydrogen-bond acceptors (Lipinski definition) is 3. The van der Waals surface area contributed by atoms with E-state index in [1.54, 1.807) is 6.92 Å². The van der Waals surface area contributed by atoms with Crippen molar-refractivity contribution in [2.75, 3.05) is 0 Å². The van der Waals surface area contributed by atoms with Crippen molar-refractivity contribution in [3.8, 4) is 0 Å². The fraction of sp³-hybridized carbons (Fsp3) is 0.333. The van der Waals surface area contributed by atoms with Gasteiger partial charge < -0.3 is 11.1 Å². The van der Waals surface area contributed by atoms with E-state index in [1.165, 1.54) is 12.4 Å². The van der Waals surface area contributed by atoms with Gasteiger partial charge in [0.1, 0.15) is 5.82 Å². The molecule has 0 aliphatic carbocycles. The van der Waals surface area contributed by atoms with Crippen LogP contribution in [0.1, 0.15) is 30.9 Å². The summed E-state index contributed by atoms with van der Waals surface area (Å²) in [6, 6.07) is 8.79. The Bertz CT molecular complexity index is 625. The fourth-order valence-corrected chi connectivity index (χ4v) is 2.11. The quantitative estimate of drug-likeness (QED) is 0.808. The number of hydrogen-bond donors (Lipinski definition) is 2. The zero-order valence-electron chi connectivity index (χ0n) is 12.9. The number of imidazole rings is 1. The maximum Gasteiger partial charge on any atom is 0.319 e. The number of rotatable bonds is 6. The number of carbonyl (C=O) groups is 1. The lowest BCUT2D eigenvalue weighted by Gasteiger charge is -2.19. The van der Waals surface area contributed by atoms with Crippen molar-refractivity contribution in [1.82, 2.24) is 14.9 Å². The smallest absolute Gasteiger partial charge is 0.319 e. The van der Waals surface area contributed by atoms with Crippen LogP contribution in [0.15, 0.2) is 42.7 Å².